The third-order valence-electron chi connectivity index (χ3n) is 4.92. The number of likely N-dealkylation sites (tertiary alicyclic amines) is 1. The molecule has 122 valence electrons. The Labute approximate surface area is 138 Å². The lowest BCUT2D eigenvalue weighted by Gasteiger charge is -2.33. The van der Waals surface area contributed by atoms with E-state index in [1.807, 2.05) is 35.2 Å². The van der Waals surface area contributed by atoms with Gasteiger partial charge in [-0.25, -0.2) is 0 Å². The zero-order valence-corrected chi connectivity index (χ0v) is 13.7. The number of nitrogens with two attached hydrogens (primary N) is 1. The number of hydrogen-bond acceptors (Lipinski definition) is 3. The van der Waals surface area contributed by atoms with Crippen molar-refractivity contribution in [1.82, 2.24) is 4.90 Å². The summed E-state index contributed by atoms with van der Waals surface area (Å²) in [6.07, 6.45) is 3.86. The van der Waals surface area contributed by atoms with Gasteiger partial charge >= 0.3 is 0 Å². The molecule has 2 N–H and O–H groups in total. The molecule has 0 radical (unpaired) electrons. The fraction of sp³-hybridized carbons (Fsp3) is 0.588. The van der Waals surface area contributed by atoms with Crippen LogP contribution in [0.3, 0.4) is 0 Å². The van der Waals surface area contributed by atoms with Gasteiger partial charge in [0.15, 0.2) is 0 Å². The molecule has 0 aliphatic carbocycles. The second-order valence-electron chi connectivity index (χ2n) is 6.42. The Balaban J connectivity index is 0.00000176. The van der Waals surface area contributed by atoms with Crippen molar-refractivity contribution in [2.75, 3.05) is 26.3 Å². The van der Waals surface area contributed by atoms with Crippen LogP contribution in [0, 0.1) is 5.41 Å². The first kappa shape index (κ1) is 17.3. The topological polar surface area (TPSA) is 55.6 Å². The van der Waals surface area contributed by atoms with Crippen LogP contribution in [0.25, 0.3) is 0 Å². The van der Waals surface area contributed by atoms with Crippen molar-refractivity contribution in [2.24, 2.45) is 11.1 Å². The van der Waals surface area contributed by atoms with Crippen LogP contribution in [-0.2, 0) is 16.0 Å². The molecule has 2 aliphatic rings. The second-order valence-corrected chi connectivity index (χ2v) is 6.42. The van der Waals surface area contributed by atoms with Gasteiger partial charge in [-0.1, -0.05) is 30.3 Å². The summed E-state index contributed by atoms with van der Waals surface area (Å²) in [4.78, 5) is 14.5. The monoisotopic (exact) mass is 324 g/mol. The zero-order valence-electron chi connectivity index (χ0n) is 12.9. The standard InChI is InChI=1S/C17H24N2O2.ClH/c18-15(12-14-4-2-1-3-5-14)16(20)19-9-6-17(13-19)7-10-21-11-8-17;/h1-5,15H,6-13,18H2;1H/t15-;/m0./s1. The normalized spacial score (nSPS) is 21.4. The number of carbonyl (C=O) groups excluding carboxylic acids is 1. The Morgan fingerprint density at radius 1 is 1.23 bits per heavy atom. The van der Waals surface area contributed by atoms with Gasteiger partial charge in [0.1, 0.15) is 0 Å². The molecule has 2 heterocycles. The molecular weight excluding hydrogens is 300 g/mol. The van der Waals surface area contributed by atoms with E-state index in [0.29, 0.717) is 11.8 Å². The van der Waals surface area contributed by atoms with E-state index in [0.717, 1.165) is 51.1 Å². The van der Waals surface area contributed by atoms with Gasteiger partial charge in [-0.2, -0.15) is 0 Å². The van der Waals surface area contributed by atoms with Gasteiger partial charge in [0, 0.05) is 26.3 Å². The summed E-state index contributed by atoms with van der Waals surface area (Å²) in [5, 5.41) is 0. The summed E-state index contributed by atoms with van der Waals surface area (Å²) in [6, 6.07) is 9.57. The van der Waals surface area contributed by atoms with E-state index >= 15 is 0 Å². The fourth-order valence-electron chi connectivity index (χ4n) is 3.53. The van der Waals surface area contributed by atoms with Crippen molar-refractivity contribution in [3.63, 3.8) is 0 Å². The molecule has 0 saturated carbocycles. The molecule has 2 aliphatic heterocycles. The van der Waals surface area contributed by atoms with Crippen molar-refractivity contribution in [1.29, 1.82) is 0 Å². The Kier molecular flexibility index (Phi) is 5.84. The minimum atomic E-state index is -0.428. The Bertz CT molecular complexity index is 489. The maximum absolute atomic E-state index is 12.5. The Morgan fingerprint density at radius 2 is 1.91 bits per heavy atom. The summed E-state index contributed by atoms with van der Waals surface area (Å²) in [5.74, 6) is 0.0993. The van der Waals surface area contributed by atoms with Gasteiger partial charge in [-0.15, -0.1) is 12.4 Å². The molecule has 0 aromatic heterocycles. The minimum Gasteiger partial charge on any atom is -0.381 e. The van der Waals surface area contributed by atoms with Crippen molar-refractivity contribution in [3.05, 3.63) is 35.9 Å². The minimum absolute atomic E-state index is 0. The van der Waals surface area contributed by atoms with Crippen molar-refractivity contribution in [2.45, 2.75) is 31.7 Å². The van der Waals surface area contributed by atoms with E-state index < -0.39 is 6.04 Å². The highest BCUT2D eigenvalue weighted by Gasteiger charge is 2.41. The highest BCUT2D eigenvalue weighted by atomic mass is 35.5. The first-order valence-electron chi connectivity index (χ1n) is 7.85. The molecule has 2 saturated heterocycles. The molecule has 0 bridgehead atoms. The van der Waals surface area contributed by atoms with Crippen LogP contribution in [0.5, 0.6) is 0 Å². The van der Waals surface area contributed by atoms with Crippen LogP contribution in [0.15, 0.2) is 30.3 Å². The first-order chi connectivity index (χ1) is 10.2. The molecule has 2 fully saturated rings. The number of halogens is 1. The molecule has 1 amide bonds. The van der Waals surface area contributed by atoms with Crippen LogP contribution >= 0.6 is 12.4 Å². The van der Waals surface area contributed by atoms with E-state index in [4.69, 9.17) is 10.5 Å². The Morgan fingerprint density at radius 3 is 2.59 bits per heavy atom. The maximum Gasteiger partial charge on any atom is 0.239 e. The maximum atomic E-state index is 12.5. The lowest BCUT2D eigenvalue weighted by Crippen LogP contribution is -2.45. The SMILES string of the molecule is Cl.N[C@@H](Cc1ccccc1)C(=O)N1CCC2(CCOCC2)C1. The smallest absolute Gasteiger partial charge is 0.239 e. The molecule has 1 aromatic rings. The van der Waals surface area contributed by atoms with Crippen LogP contribution < -0.4 is 5.73 Å². The summed E-state index contributed by atoms with van der Waals surface area (Å²) >= 11 is 0. The predicted octanol–water partition coefficient (Wildman–Crippen LogP) is 2.01. The van der Waals surface area contributed by atoms with E-state index in [9.17, 15) is 4.79 Å². The highest BCUT2D eigenvalue weighted by Crippen LogP contribution is 2.39. The highest BCUT2D eigenvalue weighted by molar-refractivity contribution is 5.85. The number of rotatable bonds is 3. The van der Waals surface area contributed by atoms with E-state index in [2.05, 4.69) is 0 Å². The molecule has 4 nitrogen and oxygen atoms in total. The van der Waals surface area contributed by atoms with Crippen LogP contribution in [-0.4, -0.2) is 43.2 Å². The average molecular weight is 325 g/mol. The van der Waals surface area contributed by atoms with Crippen molar-refractivity contribution in [3.8, 4) is 0 Å². The molecule has 3 rings (SSSR count). The van der Waals surface area contributed by atoms with Gasteiger partial charge in [-0.05, 0) is 36.7 Å². The van der Waals surface area contributed by atoms with Gasteiger partial charge in [0.2, 0.25) is 5.91 Å². The number of carbonyl (C=O) groups is 1. The largest absolute Gasteiger partial charge is 0.381 e. The molecule has 22 heavy (non-hydrogen) atoms. The fourth-order valence-corrected chi connectivity index (χ4v) is 3.53. The van der Waals surface area contributed by atoms with Crippen LogP contribution in [0.2, 0.25) is 0 Å². The predicted molar refractivity (Wildman–Crippen MR) is 89.1 cm³/mol. The van der Waals surface area contributed by atoms with Crippen molar-refractivity contribution >= 4 is 18.3 Å². The van der Waals surface area contributed by atoms with Crippen molar-refractivity contribution < 1.29 is 9.53 Å². The number of amides is 1. The lowest BCUT2D eigenvalue weighted by molar-refractivity contribution is -0.132. The molecule has 1 atom stereocenters. The van der Waals surface area contributed by atoms with Crippen LogP contribution in [0.4, 0.5) is 0 Å². The van der Waals surface area contributed by atoms with Gasteiger partial charge in [-0.3, -0.25) is 4.79 Å². The van der Waals surface area contributed by atoms with E-state index in [1.54, 1.807) is 0 Å². The van der Waals surface area contributed by atoms with Gasteiger partial charge in [0.05, 0.1) is 6.04 Å². The third-order valence-corrected chi connectivity index (χ3v) is 4.92. The van der Waals surface area contributed by atoms with Gasteiger partial charge < -0.3 is 15.4 Å². The lowest BCUT2D eigenvalue weighted by atomic mass is 9.80. The van der Waals surface area contributed by atoms with Gasteiger partial charge in [0.25, 0.3) is 0 Å². The third kappa shape index (κ3) is 3.80. The molecule has 0 unspecified atom stereocenters. The Hall–Kier alpha value is -1.10. The van der Waals surface area contributed by atoms with E-state index in [1.165, 1.54) is 0 Å². The zero-order chi connectivity index (χ0) is 14.7. The number of nitrogens with zero attached hydrogens (tertiary/aromatic N) is 1. The number of ether oxygens (including phenoxy) is 1. The number of benzene rings is 1. The number of hydrogen-bond donors (Lipinski definition) is 1. The summed E-state index contributed by atoms with van der Waals surface area (Å²) < 4.78 is 5.45. The second kappa shape index (κ2) is 7.44. The summed E-state index contributed by atoms with van der Waals surface area (Å²) in [5.41, 5.74) is 7.55. The summed E-state index contributed by atoms with van der Waals surface area (Å²) in [7, 11) is 0. The molecule has 1 spiro atoms. The quantitative estimate of drug-likeness (QED) is 0.925. The summed E-state index contributed by atoms with van der Waals surface area (Å²) in [6.45, 7) is 3.37. The molecular formula is C17H25ClN2O2. The molecule has 1 aromatic carbocycles. The van der Waals surface area contributed by atoms with Crippen LogP contribution in [0.1, 0.15) is 24.8 Å². The first-order valence-corrected chi connectivity index (χ1v) is 7.85. The average Bonchev–Trinajstić information content (AvgIpc) is 2.92. The molecule has 5 heteroatoms. The van der Waals surface area contributed by atoms with E-state index in [-0.39, 0.29) is 18.3 Å².